The number of hydrogen-bond acceptors (Lipinski definition) is 3. The van der Waals surface area contributed by atoms with E-state index >= 15 is 0 Å². The molecule has 2 rings (SSSR count). The Labute approximate surface area is 76.9 Å². The van der Waals surface area contributed by atoms with E-state index in [4.69, 9.17) is 10.2 Å². The second-order valence-electron chi connectivity index (χ2n) is 3.57. The number of carbonyl (C=O) groups excluding carboxylic acids is 1. The van der Waals surface area contributed by atoms with Crippen molar-refractivity contribution >= 4 is 11.7 Å². The second-order valence-corrected chi connectivity index (χ2v) is 3.57. The fourth-order valence-electron chi connectivity index (χ4n) is 1.86. The van der Waals surface area contributed by atoms with Crippen molar-refractivity contribution in [3.05, 3.63) is 17.9 Å². The lowest BCUT2D eigenvalue weighted by atomic mass is 9.87. The predicted octanol–water partition coefficient (Wildman–Crippen LogP) is 2.09. The molecular weight excluding hydrogens is 166 g/mol. The first-order valence-corrected chi connectivity index (χ1v) is 4.62. The molecule has 1 fully saturated rings. The molecule has 1 saturated carbocycles. The third-order valence-electron chi connectivity index (χ3n) is 2.53. The van der Waals surface area contributed by atoms with Crippen LogP contribution < -0.4 is 5.73 Å². The van der Waals surface area contributed by atoms with Crippen LogP contribution in [-0.2, 0) is 4.79 Å². The molecule has 3 nitrogen and oxygen atoms in total. The van der Waals surface area contributed by atoms with Crippen LogP contribution in [0.15, 0.2) is 16.5 Å². The SMILES string of the molecule is Nc1ccc(C2CCCC(=O)C2)o1. The predicted molar refractivity (Wildman–Crippen MR) is 49.3 cm³/mol. The molecule has 1 aromatic rings. The summed E-state index contributed by atoms with van der Waals surface area (Å²) in [6.07, 6.45) is 3.36. The Balaban J connectivity index is 2.12. The molecule has 2 N–H and O–H groups in total. The van der Waals surface area contributed by atoms with Crippen LogP contribution in [0.4, 0.5) is 5.88 Å². The van der Waals surface area contributed by atoms with Gasteiger partial charge >= 0.3 is 0 Å². The molecule has 0 aliphatic heterocycles. The van der Waals surface area contributed by atoms with Gasteiger partial charge in [-0.2, -0.15) is 0 Å². The van der Waals surface area contributed by atoms with Crippen LogP contribution in [-0.4, -0.2) is 5.78 Å². The maximum absolute atomic E-state index is 11.2. The Bertz CT molecular complexity index is 316. The van der Waals surface area contributed by atoms with Crippen LogP contribution in [0, 0.1) is 0 Å². The first-order valence-electron chi connectivity index (χ1n) is 4.62. The quantitative estimate of drug-likeness (QED) is 0.718. The Hall–Kier alpha value is -1.25. The van der Waals surface area contributed by atoms with Gasteiger partial charge in [-0.1, -0.05) is 0 Å². The molecule has 0 amide bonds. The number of carbonyl (C=O) groups is 1. The molecule has 0 bridgehead atoms. The van der Waals surface area contributed by atoms with E-state index in [-0.39, 0.29) is 5.92 Å². The molecule has 0 spiro atoms. The lowest BCUT2D eigenvalue weighted by Crippen LogP contribution is -2.12. The Morgan fingerprint density at radius 1 is 1.46 bits per heavy atom. The zero-order valence-electron chi connectivity index (χ0n) is 7.45. The van der Waals surface area contributed by atoms with Crippen LogP contribution in [0.2, 0.25) is 0 Å². The van der Waals surface area contributed by atoms with Crippen molar-refractivity contribution in [3.63, 3.8) is 0 Å². The van der Waals surface area contributed by atoms with Crippen LogP contribution in [0.5, 0.6) is 0 Å². The van der Waals surface area contributed by atoms with Crippen molar-refractivity contribution in [2.24, 2.45) is 0 Å². The highest BCUT2D eigenvalue weighted by molar-refractivity contribution is 5.79. The van der Waals surface area contributed by atoms with E-state index in [0.29, 0.717) is 18.1 Å². The number of Topliss-reactive ketones (excluding diaryl/α,β-unsaturated/α-hetero) is 1. The van der Waals surface area contributed by atoms with Gasteiger partial charge in [-0.25, -0.2) is 0 Å². The van der Waals surface area contributed by atoms with Gasteiger partial charge in [0.05, 0.1) is 0 Å². The zero-order chi connectivity index (χ0) is 9.26. The molecule has 1 heterocycles. The van der Waals surface area contributed by atoms with Gasteiger partial charge in [0.15, 0.2) is 5.88 Å². The number of rotatable bonds is 1. The largest absolute Gasteiger partial charge is 0.446 e. The highest BCUT2D eigenvalue weighted by Crippen LogP contribution is 2.32. The monoisotopic (exact) mass is 179 g/mol. The lowest BCUT2D eigenvalue weighted by Gasteiger charge is -2.18. The molecular formula is C10H13NO2. The Kier molecular flexibility index (Phi) is 2.08. The molecule has 1 aromatic heterocycles. The Morgan fingerprint density at radius 2 is 2.31 bits per heavy atom. The molecule has 1 aliphatic carbocycles. The summed E-state index contributed by atoms with van der Waals surface area (Å²) in [6.45, 7) is 0. The summed E-state index contributed by atoms with van der Waals surface area (Å²) in [5.74, 6) is 1.91. The van der Waals surface area contributed by atoms with E-state index in [9.17, 15) is 4.79 Å². The van der Waals surface area contributed by atoms with E-state index in [2.05, 4.69) is 0 Å². The number of ketones is 1. The molecule has 70 valence electrons. The van der Waals surface area contributed by atoms with Gasteiger partial charge in [0.1, 0.15) is 11.5 Å². The van der Waals surface area contributed by atoms with E-state index in [1.54, 1.807) is 6.07 Å². The third kappa shape index (κ3) is 1.74. The standard InChI is InChI=1S/C10H13NO2/c11-10-5-4-9(13-10)7-2-1-3-8(12)6-7/h4-5,7H,1-3,6,11H2. The van der Waals surface area contributed by atoms with E-state index in [1.165, 1.54) is 0 Å². The molecule has 3 heteroatoms. The summed E-state index contributed by atoms with van der Waals surface area (Å²) in [6, 6.07) is 3.62. The molecule has 0 saturated heterocycles. The van der Waals surface area contributed by atoms with Crippen LogP contribution in [0.3, 0.4) is 0 Å². The summed E-state index contributed by atoms with van der Waals surface area (Å²) >= 11 is 0. The van der Waals surface area contributed by atoms with Gasteiger partial charge in [0, 0.05) is 24.8 Å². The number of nitrogen functional groups attached to an aromatic ring is 1. The van der Waals surface area contributed by atoms with Gasteiger partial charge in [0.2, 0.25) is 0 Å². The van der Waals surface area contributed by atoms with Crippen LogP contribution >= 0.6 is 0 Å². The number of anilines is 1. The number of nitrogens with two attached hydrogens (primary N) is 1. The normalized spacial score (nSPS) is 23.4. The molecule has 13 heavy (non-hydrogen) atoms. The maximum atomic E-state index is 11.2. The van der Waals surface area contributed by atoms with Crippen molar-refractivity contribution in [3.8, 4) is 0 Å². The minimum absolute atomic E-state index is 0.263. The van der Waals surface area contributed by atoms with Crippen molar-refractivity contribution < 1.29 is 9.21 Å². The third-order valence-corrected chi connectivity index (χ3v) is 2.53. The van der Waals surface area contributed by atoms with Crippen molar-refractivity contribution in [2.75, 3.05) is 5.73 Å². The fraction of sp³-hybridized carbons (Fsp3) is 0.500. The topological polar surface area (TPSA) is 56.2 Å². The molecule has 0 radical (unpaired) electrons. The smallest absolute Gasteiger partial charge is 0.190 e. The van der Waals surface area contributed by atoms with Crippen molar-refractivity contribution in [2.45, 2.75) is 31.6 Å². The summed E-state index contributed by atoms with van der Waals surface area (Å²) in [7, 11) is 0. The minimum Gasteiger partial charge on any atom is -0.446 e. The fourth-order valence-corrected chi connectivity index (χ4v) is 1.86. The molecule has 0 aromatic carbocycles. The summed E-state index contributed by atoms with van der Waals surface area (Å²) in [5, 5.41) is 0. The summed E-state index contributed by atoms with van der Waals surface area (Å²) in [5.41, 5.74) is 5.47. The highest BCUT2D eigenvalue weighted by atomic mass is 16.4. The van der Waals surface area contributed by atoms with E-state index < -0.39 is 0 Å². The zero-order valence-corrected chi connectivity index (χ0v) is 7.45. The van der Waals surface area contributed by atoms with Gasteiger partial charge < -0.3 is 10.2 Å². The van der Waals surface area contributed by atoms with Crippen LogP contribution in [0.25, 0.3) is 0 Å². The van der Waals surface area contributed by atoms with E-state index in [0.717, 1.165) is 25.0 Å². The van der Waals surface area contributed by atoms with Gasteiger partial charge in [-0.3, -0.25) is 4.79 Å². The summed E-state index contributed by atoms with van der Waals surface area (Å²) in [4.78, 5) is 11.2. The molecule has 1 unspecified atom stereocenters. The van der Waals surface area contributed by atoms with Crippen molar-refractivity contribution in [1.82, 2.24) is 0 Å². The first-order chi connectivity index (χ1) is 6.25. The maximum Gasteiger partial charge on any atom is 0.190 e. The highest BCUT2D eigenvalue weighted by Gasteiger charge is 2.23. The Morgan fingerprint density at radius 3 is 2.92 bits per heavy atom. The first kappa shape index (κ1) is 8.35. The minimum atomic E-state index is 0.263. The number of furan rings is 1. The number of hydrogen-bond donors (Lipinski definition) is 1. The van der Waals surface area contributed by atoms with E-state index in [1.807, 2.05) is 6.07 Å². The van der Waals surface area contributed by atoms with Gasteiger partial charge in [-0.15, -0.1) is 0 Å². The van der Waals surface area contributed by atoms with Gasteiger partial charge in [-0.05, 0) is 18.9 Å². The van der Waals surface area contributed by atoms with Crippen molar-refractivity contribution in [1.29, 1.82) is 0 Å². The van der Waals surface area contributed by atoms with Crippen LogP contribution in [0.1, 0.15) is 37.4 Å². The average molecular weight is 179 g/mol. The molecule has 1 aliphatic rings. The molecule has 1 atom stereocenters. The summed E-state index contributed by atoms with van der Waals surface area (Å²) < 4.78 is 5.30. The lowest BCUT2D eigenvalue weighted by molar-refractivity contribution is -0.120. The van der Waals surface area contributed by atoms with Gasteiger partial charge in [0.25, 0.3) is 0 Å². The average Bonchev–Trinajstić information content (AvgIpc) is 2.52. The second kappa shape index (κ2) is 3.24.